The first-order chi connectivity index (χ1) is 24.0. The molecule has 0 radical (unpaired) electrons. The zero-order chi connectivity index (χ0) is 37.3. The molecule has 0 aliphatic carbocycles. The van der Waals surface area contributed by atoms with Crippen LogP contribution in [0.2, 0.25) is 0 Å². The Bertz CT molecular complexity index is 1010. The number of ether oxygens (including phenoxy) is 2. The fraction of sp³-hybridized carbons (Fsp3) is 0.737. The topological polar surface area (TPSA) is 169 Å². The molecule has 0 aliphatic rings. The van der Waals surface area contributed by atoms with E-state index >= 15 is 0 Å². The van der Waals surface area contributed by atoms with Crippen molar-refractivity contribution in [3.8, 4) is 0 Å². The molecule has 0 amide bonds. The third kappa shape index (κ3) is 33.1. The largest absolute Gasteiger partial charge is 0.472 e. The molecule has 50 heavy (non-hydrogen) atoms. The normalized spacial score (nSPS) is 15.4. The maximum absolute atomic E-state index is 12.5. The minimum Gasteiger partial charge on any atom is -0.462 e. The molecular weight excluding hydrogens is 663 g/mol. The number of hydrogen-bond donors (Lipinski definition) is 4. The lowest BCUT2D eigenvalue weighted by molar-refractivity contribution is -0.161. The molecule has 12 heteroatoms. The zero-order valence-corrected chi connectivity index (χ0v) is 31.8. The number of unbranched alkanes of at least 4 members (excludes halogenated alkanes) is 9. The molecule has 4 atom stereocenters. The number of esters is 2. The van der Waals surface area contributed by atoms with Crippen molar-refractivity contribution in [2.45, 2.75) is 148 Å². The molecule has 2 unspecified atom stereocenters. The highest BCUT2D eigenvalue weighted by atomic mass is 31.2. The van der Waals surface area contributed by atoms with Gasteiger partial charge < -0.3 is 29.7 Å². The molecular formula is C38H67O11P. The van der Waals surface area contributed by atoms with E-state index < -0.39 is 57.9 Å². The Hall–Kier alpha value is -2.11. The average Bonchev–Trinajstić information content (AvgIpc) is 3.08. The van der Waals surface area contributed by atoms with E-state index in [0.29, 0.717) is 31.6 Å². The Balaban J connectivity index is 4.60. The Morgan fingerprint density at radius 1 is 0.740 bits per heavy atom. The molecule has 4 N–H and O–H groups in total. The van der Waals surface area contributed by atoms with Gasteiger partial charge in [-0.2, -0.15) is 0 Å². The van der Waals surface area contributed by atoms with Crippen molar-refractivity contribution in [1.82, 2.24) is 0 Å². The van der Waals surface area contributed by atoms with Crippen LogP contribution in [0.4, 0.5) is 0 Å². The first-order valence-electron chi connectivity index (χ1n) is 18.6. The van der Waals surface area contributed by atoms with E-state index in [9.17, 15) is 29.3 Å². The summed E-state index contributed by atoms with van der Waals surface area (Å²) in [6.45, 7) is 4.36. The van der Waals surface area contributed by atoms with Crippen LogP contribution in [0.1, 0.15) is 130 Å². The third-order valence-electron chi connectivity index (χ3n) is 7.49. The fourth-order valence-electron chi connectivity index (χ4n) is 4.54. The van der Waals surface area contributed by atoms with Gasteiger partial charge in [-0.15, -0.1) is 0 Å². The summed E-state index contributed by atoms with van der Waals surface area (Å²) in [6, 6.07) is 0. The molecule has 290 valence electrons. The number of rotatable bonds is 33. The second kappa shape index (κ2) is 32.8. The Kier molecular flexibility index (Phi) is 31.4. The van der Waals surface area contributed by atoms with E-state index in [2.05, 4.69) is 37.4 Å². The highest BCUT2D eigenvalue weighted by Crippen LogP contribution is 2.43. The average molecular weight is 731 g/mol. The molecule has 0 bridgehead atoms. The minimum absolute atomic E-state index is 0.0477. The van der Waals surface area contributed by atoms with Gasteiger partial charge >= 0.3 is 19.8 Å². The molecule has 0 saturated heterocycles. The summed E-state index contributed by atoms with van der Waals surface area (Å²) >= 11 is 0. The SMILES string of the molecule is CCCCC/C=C\C/C=C\CC(O)/C=C\C=C\CCCC(=O)O[C@H](COC(=O)CCCCCCCCC(C)C)COP(=O)(O)OC[C@@H](O)CO. The maximum atomic E-state index is 12.5. The van der Waals surface area contributed by atoms with E-state index in [4.69, 9.17) is 19.1 Å². The van der Waals surface area contributed by atoms with Gasteiger partial charge in [0.25, 0.3) is 0 Å². The highest BCUT2D eigenvalue weighted by Gasteiger charge is 2.27. The molecule has 0 saturated carbocycles. The van der Waals surface area contributed by atoms with Gasteiger partial charge in [0.2, 0.25) is 0 Å². The summed E-state index contributed by atoms with van der Waals surface area (Å²) in [5, 5.41) is 28.3. The number of phosphoric acid groups is 1. The van der Waals surface area contributed by atoms with Crippen LogP contribution >= 0.6 is 7.82 Å². The predicted molar refractivity (Wildman–Crippen MR) is 197 cm³/mol. The summed E-state index contributed by atoms with van der Waals surface area (Å²) < 4.78 is 32.4. The van der Waals surface area contributed by atoms with Gasteiger partial charge in [-0.3, -0.25) is 18.6 Å². The number of aliphatic hydroxyl groups is 3. The second-order valence-corrected chi connectivity index (χ2v) is 14.4. The van der Waals surface area contributed by atoms with E-state index in [0.717, 1.165) is 32.1 Å². The summed E-state index contributed by atoms with van der Waals surface area (Å²) in [7, 11) is -4.65. The van der Waals surface area contributed by atoms with Crippen LogP contribution in [-0.4, -0.2) is 76.9 Å². The van der Waals surface area contributed by atoms with Crippen LogP contribution in [0.25, 0.3) is 0 Å². The zero-order valence-electron chi connectivity index (χ0n) is 30.9. The van der Waals surface area contributed by atoms with Crippen LogP contribution < -0.4 is 0 Å². The summed E-state index contributed by atoms with van der Waals surface area (Å²) in [5.41, 5.74) is 0. The Labute approximate surface area is 301 Å². The Morgan fingerprint density at radius 3 is 2.12 bits per heavy atom. The molecule has 0 aromatic carbocycles. The first-order valence-corrected chi connectivity index (χ1v) is 20.1. The molecule has 0 aromatic rings. The summed E-state index contributed by atoms with van der Waals surface area (Å²) in [5.74, 6) is -0.357. The number of carbonyl (C=O) groups excluding carboxylic acids is 2. The summed E-state index contributed by atoms with van der Waals surface area (Å²) in [6.07, 6.45) is 27.2. The standard InChI is InChI=1S/C38H67O11P/c1-4-5-6-7-8-9-10-15-20-25-34(40)26-21-16-13-18-23-28-38(43)49-36(32-48-50(44,45)47-30-35(41)29-39)31-46-37(42)27-22-17-12-11-14-19-24-33(2)3/h8-9,13,15-16,20-21,26,33-36,39-41H,4-7,10-12,14,17-19,22-25,27-32H2,1-3H3,(H,44,45)/b9-8-,16-13+,20-15-,26-21-/t34?,35-,36+/m0/s1. The van der Waals surface area contributed by atoms with Gasteiger partial charge in [-0.1, -0.05) is 121 Å². The number of allylic oxidation sites excluding steroid dienone is 6. The Morgan fingerprint density at radius 2 is 1.40 bits per heavy atom. The lowest BCUT2D eigenvalue weighted by atomic mass is 10.0. The van der Waals surface area contributed by atoms with Gasteiger partial charge in [0.15, 0.2) is 6.10 Å². The molecule has 0 spiro atoms. The van der Waals surface area contributed by atoms with E-state index in [1.165, 1.54) is 38.5 Å². The van der Waals surface area contributed by atoms with Crippen molar-refractivity contribution in [3.05, 3.63) is 48.6 Å². The highest BCUT2D eigenvalue weighted by molar-refractivity contribution is 7.47. The van der Waals surface area contributed by atoms with Crippen molar-refractivity contribution in [1.29, 1.82) is 0 Å². The molecule has 0 aromatic heterocycles. The molecule has 0 heterocycles. The number of aliphatic hydroxyl groups excluding tert-OH is 3. The second-order valence-electron chi connectivity index (χ2n) is 12.9. The van der Waals surface area contributed by atoms with Crippen molar-refractivity contribution < 1.29 is 52.9 Å². The monoisotopic (exact) mass is 730 g/mol. The molecule has 0 aliphatic heterocycles. The van der Waals surface area contributed by atoms with Gasteiger partial charge in [0.05, 0.1) is 25.9 Å². The minimum atomic E-state index is -4.65. The summed E-state index contributed by atoms with van der Waals surface area (Å²) in [4.78, 5) is 34.7. The van der Waals surface area contributed by atoms with Crippen LogP contribution in [0.3, 0.4) is 0 Å². The van der Waals surface area contributed by atoms with Crippen LogP contribution in [0.15, 0.2) is 48.6 Å². The van der Waals surface area contributed by atoms with Crippen LogP contribution in [-0.2, 0) is 32.7 Å². The van der Waals surface area contributed by atoms with E-state index in [1.54, 1.807) is 18.2 Å². The number of carbonyl (C=O) groups is 2. The van der Waals surface area contributed by atoms with Crippen molar-refractivity contribution >= 4 is 19.8 Å². The van der Waals surface area contributed by atoms with Crippen LogP contribution in [0.5, 0.6) is 0 Å². The van der Waals surface area contributed by atoms with Crippen molar-refractivity contribution in [2.75, 3.05) is 26.4 Å². The predicted octanol–water partition coefficient (Wildman–Crippen LogP) is 7.82. The van der Waals surface area contributed by atoms with Gasteiger partial charge in [-0.25, -0.2) is 4.57 Å². The van der Waals surface area contributed by atoms with Gasteiger partial charge in [-0.05, 0) is 50.9 Å². The molecule has 0 fully saturated rings. The first kappa shape index (κ1) is 47.9. The van der Waals surface area contributed by atoms with Gasteiger partial charge in [0.1, 0.15) is 12.7 Å². The quantitative estimate of drug-likeness (QED) is 0.0171. The van der Waals surface area contributed by atoms with Crippen molar-refractivity contribution in [2.24, 2.45) is 5.92 Å². The van der Waals surface area contributed by atoms with E-state index in [1.807, 2.05) is 18.2 Å². The lowest BCUT2D eigenvalue weighted by Crippen LogP contribution is -2.29. The maximum Gasteiger partial charge on any atom is 0.472 e. The van der Waals surface area contributed by atoms with Gasteiger partial charge in [0, 0.05) is 12.8 Å². The third-order valence-corrected chi connectivity index (χ3v) is 8.45. The molecule has 0 rings (SSSR count). The fourth-order valence-corrected chi connectivity index (χ4v) is 5.33. The van der Waals surface area contributed by atoms with Crippen LogP contribution in [0, 0.1) is 5.92 Å². The number of hydrogen-bond acceptors (Lipinski definition) is 10. The smallest absolute Gasteiger partial charge is 0.462 e. The van der Waals surface area contributed by atoms with E-state index in [-0.39, 0.29) is 19.4 Å². The molecule has 11 nitrogen and oxygen atoms in total. The van der Waals surface area contributed by atoms with Crippen molar-refractivity contribution in [3.63, 3.8) is 0 Å². The lowest BCUT2D eigenvalue weighted by Gasteiger charge is -2.20. The number of phosphoric ester groups is 1.